The Morgan fingerprint density at radius 1 is 1.55 bits per heavy atom. The summed E-state index contributed by atoms with van der Waals surface area (Å²) in [4.78, 5) is 15.9. The smallest absolute Gasteiger partial charge is 0.252 e. The topological polar surface area (TPSA) is 71.5 Å². The molecule has 0 aliphatic rings. The van der Waals surface area contributed by atoms with Crippen molar-refractivity contribution in [1.29, 1.82) is 0 Å². The molecule has 6 heteroatoms. The van der Waals surface area contributed by atoms with E-state index in [9.17, 15) is 9.90 Å². The van der Waals surface area contributed by atoms with Crippen molar-refractivity contribution < 1.29 is 14.6 Å². The van der Waals surface area contributed by atoms with Crippen LogP contribution < -0.4 is 10.1 Å². The Bertz CT molecular complexity index is 452. The highest BCUT2D eigenvalue weighted by atomic mass is 35.5. The molecule has 1 unspecified atom stereocenters. The van der Waals surface area contributed by atoms with E-state index in [1.54, 1.807) is 0 Å². The normalized spacial score (nSPS) is 12.3. The van der Waals surface area contributed by atoms with Crippen molar-refractivity contribution in [2.45, 2.75) is 33.3 Å². The summed E-state index contributed by atoms with van der Waals surface area (Å²) in [6.45, 7) is 6.57. The van der Waals surface area contributed by atoms with Crippen LogP contribution in [0.3, 0.4) is 0 Å². The van der Waals surface area contributed by atoms with Gasteiger partial charge in [-0.15, -0.1) is 0 Å². The lowest BCUT2D eigenvalue weighted by atomic mass is 10.0. The van der Waals surface area contributed by atoms with Gasteiger partial charge < -0.3 is 15.2 Å². The Hall–Kier alpha value is -1.33. The first-order valence-electron chi connectivity index (χ1n) is 6.70. The monoisotopic (exact) mass is 300 g/mol. The Balaban J connectivity index is 2.53. The van der Waals surface area contributed by atoms with Crippen LogP contribution in [0.25, 0.3) is 0 Å². The number of halogens is 1. The average molecular weight is 301 g/mol. The lowest BCUT2D eigenvalue weighted by molar-refractivity contribution is 0.0920. The Labute approximate surface area is 124 Å². The maximum atomic E-state index is 11.9. The predicted molar refractivity (Wildman–Crippen MR) is 78.2 cm³/mol. The molecule has 1 rings (SSSR count). The van der Waals surface area contributed by atoms with Crippen molar-refractivity contribution in [1.82, 2.24) is 10.3 Å². The van der Waals surface area contributed by atoms with Crippen LogP contribution in [0, 0.1) is 5.92 Å². The van der Waals surface area contributed by atoms with Crippen LogP contribution in [0.15, 0.2) is 12.3 Å². The molecular formula is C14H21ClN2O3. The van der Waals surface area contributed by atoms with E-state index in [-0.39, 0.29) is 11.8 Å². The van der Waals surface area contributed by atoms with Crippen LogP contribution in [-0.4, -0.2) is 35.3 Å². The van der Waals surface area contributed by atoms with Gasteiger partial charge >= 0.3 is 0 Å². The summed E-state index contributed by atoms with van der Waals surface area (Å²) < 4.78 is 5.20. The summed E-state index contributed by atoms with van der Waals surface area (Å²) in [5.74, 6) is 0.229. The quantitative estimate of drug-likeness (QED) is 0.810. The lowest BCUT2D eigenvalue weighted by Gasteiger charge is -2.14. The molecule has 1 amide bonds. The number of carbonyl (C=O) groups excluding carboxylic acids is 1. The van der Waals surface area contributed by atoms with Gasteiger partial charge in [0.15, 0.2) is 0 Å². The van der Waals surface area contributed by atoms with Gasteiger partial charge in [0.1, 0.15) is 5.02 Å². The van der Waals surface area contributed by atoms with Crippen LogP contribution in [0.4, 0.5) is 0 Å². The number of nitrogens with zero attached hydrogens (tertiary/aromatic N) is 1. The standard InChI is InChI=1S/C14H21ClN2O3/c1-4-20-14-11(15)7-10(8-17-14)13(19)16-6-5-12(18)9(2)3/h7-9,12,18H,4-6H2,1-3H3,(H,16,19). The van der Waals surface area contributed by atoms with Gasteiger partial charge in [-0.1, -0.05) is 25.4 Å². The maximum absolute atomic E-state index is 11.9. The number of hydrogen-bond donors (Lipinski definition) is 2. The SMILES string of the molecule is CCOc1ncc(C(=O)NCCC(O)C(C)C)cc1Cl. The van der Waals surface area contributed by atoms with E-state index >= 15 is 0 Å². The third-order valence-electron chi connectivity index (χ3n) is 2.85. The summed E-state index contributed by atoms with van der Waals surface area (Å²) in [6, 6.07) is 1.52. The number of ether oxygens (including phenoxy) is 1. The third-order valence-corrected chi connectivity index (χ3v) is 3.12. The molecule has 0 bridgehead atoms. The number of aliphatic hydroxyl groups is 1. The highest BCUT2D eigenvalue weighted by Gasteiger charge is 2.12. The zero-order chi connectivity index (χ0) is 15.1. The van der Waals surface area contributed by atoms with Crippen LogP contribution >= 0.6 is 11.6 Å². The fourth-order valence-corrected chi connectivity index (χ4v) is 1.78. The first-order valence-corrected chi connectivity index (χ1v) is 7.08. The van der Waals surface area contributed by atoms with Crippen molar-refractivity contribution >= 4 is 17.5 Å². The second kappa shape index (κ2) is 8.07. The van der Waals surface area contributed by atoms with Gasteiger partial charge in [0, 0.05) is 12.7 Å². The van der Waals surface area contributed by atoms with Gasteiger partial charge in [0.05, 0.1) is 18.3 Å². The van der Waals surface area contributed by atoms with Crippen molar-refractivity contribution in [2.24, 2.45) is 5.92 Å². The zero-order valence-corrected chi connectivity index (χ0v) is 12.8. The molecule has 1 aromatic rings. The van der Waals surface area contributed by atoms with Crippen LogP contribution in [0.1, 0.15) is 37.6 Å². The Morgan fingerprint density at radius 2 is 2.25 bits per heavy atom. The Kier molecular flexibility index (Phi) is 6.75. The van der Waals surface area contributed by atoms with Gasteiger partial charge in [0.2, 0.25) is 5.88 Å². The van der Waals surface area contributed by atoms with Crippen molar-refractivity contribution in [3.63, 3.8) is 0 Å². The summed E-state index contributed by atoms with van der Waals surface area (Å²) in [5, 5.41) is 12.7. The first kappa shape index (κ1) is 16.7. The van der Waals surface area contributed by atoms with Gasteiger partial charge in [0.25, 0.3) is 5.91 Å². The van der Waals surface area contributed by atoms with Gasteiger partial charge in [-0.3, -0.25) is 4.79 Å². The van der Waals surface area contributed by atoms with E-state index in [1.165, 1.54) is 12.3 Å². The van der Waals surface area contributed by atoms with Crippen molar-refractivity contribution in [2.75, 3.05) is 13.2 Å². The minimum Gasteiger partial charge on any atom is -0.477 e. The third kappa shape index (κ3) is 4.98. The average Bonchev–Trinajstić information content (AvgIpc) is 2.40. The van der Waals surface area contributed by atoms with Crippen molar-refractivity contribution in [3.05, 3.63) is 22.8 Å². The second-order valence-corrected chi connectivity index (χ2v) is 5.21. The number of hydrogen-bond acceptors (Lipinski definition) is 4. The molecule has 0 aliphatic carbocycles. The number of aromatic nitrogens is 1. The molecule has 0 radical (unpaired) electrons. The van der Waals surface area contributed by atoms with Crippen LogP contribution in [0.2, 0.25) is 5.02 Å². The van der Waals surface area contributed by atoms with Gasteiger partial charge in [-0.05, 0) is 25.3 Å². The minimum absolute atomic E-state index is 0.175. The number of pyridine rings is 1. The number of amides is 1. The molecule has 0 spiro atoms. The molecule has 1 aromatic heterocycles. The van der Waals surface area contributed by atoms with E-state index in [1.807, 2.05) is 20.8 Å². The summed E-state index contributed by atoms with van der Waals surface area (Å²) in [6.07, 6.45) is 1.52. The molecule has 2 N–H and O–H groups in total. The fraction of sp³-hybridized carbons (Fsp3) is 0.571. The molecule has 0 aromatic carbocycles. The predicted octanol–water partition coefficient (Wildman–Crippen LogP) is 2.27. The van der Waals surface area contributed by atoms with E-state index in [4.69, 9.17) is 16.3 Å². The number of rotatable bonds is 7. The second-order valence-electron chi connectivity index (χ2n) is 4.80. The lowest BCUT2D eigenvalue weighted by Crippen LogP contribution is -2.28. The molecule has 1 heterocycles. The zero-order valence-electron chi connectivity index (χ0n) is 12.0. The molecule has 20 heavy (non-hydrogen) atoms. The number of carbonyl (C=O) groups is 1. The van der Waals surface area contributed by atoms with E-state index in [0.29, 0.717) is 36.0 Å². The summed E-state index contributed by atoms with van der Waals surface area (Å²) >= 11 is 5.97. The molecule has 1 atom stereocenters. The summed E-state index contributed by atoms with van der Waals surface area (Å²) in [5.41, 5.74) is 0.373. The fourth-order valence-electron chi connectivity index (χ4n) is 1.56. The number of nitrogens with one attached hydrogen (secondary N) is 1. The molecule has 5 nitrogen and oxygen atoms in total. The number of aliphatic hydroxyl groups excluding tert-OH is 1. The van der Waals surface area contributed by atoms with Gasteiger partial charge in [-0.25, -0.2) is 4.98 Å². The minimum atomic E-state index is -0.419. The highest BCUT2D eigenvalue weighted by Crippen LogP contribution is 2.22. The maximum Gasteiger partial charge on any atom is 0.252 e. The van der Waals surface area contributed by atoms with Crippen LogP contribution in [0.5, 0.6) is 5.88 Å². The van der Waals surface area contributed by atoms with E-state index in [2.05, 4.69) is 10.3 Å². The summed E-state index contributed by atoms with van der Waals surface area (Å²) in [7, 11) is 0. The van der Waals surface area contributed by atoms with Gasteiger partial charge in [-0.2, -0.15) is 0 Å². The Morgan fingerprint density at radius 3 is 2.80 bits per heavy atom. The largest absolute Gasteiger partial charge is 0.477 e. The van der Waals surface area contributed by atoms with Crippen molar-refractivity contribution in [3.8, 4) is 5.88 Å². The first-order chi connectivity index (χ1) is 9.45. The molecule has 0 fully saturated rings. The molecule has 0 aliphatic heterocycles. The van der Waals surface area contributed by atoms with Crippen LogP contribution in [-0.2, 0) is 0 Å². The molecule has 0 saturated heterocycles. The molecular weight excluding hydrogens is 280 g/mol. The molecule has 0 saturated carbocycles. The van der Waals surface area contributed by atoms with E-state index < -0.39 is 6.10 Å². The molecule has 112 valence electrons. The van der Waals surface area contributed by atoms with E-state index in [0.717, 1.165) is 0 Å². The highest BCUT2D eigenvalue weighted by molar-refractivity contribution is 6.32.